The first-order chi connectivity index (χ1) is 7.56. The first-order valence-corrected chi connectivity index (χ1v) is 4.95. The summed E-state index contributed by atoms with van der Waals surface area (Å²) in [5.74, 6) is 0.269. The Labute approximate surface area is 92.8 Å². The molecule has 84 valence electrons. The molecule has 0 saturated carbocycles. The molecule has 2 N–H and O–H groups in total. The van der Waals surface area contributed by atoms with Crippen LogP contribution >= 0.6 is 0 Å². The SMILES string of the molecule is CC(=O)Nc1ccc2c(c1)NC(=O)C(C)O2. The quantitative estimate of drug-likeness (QED) is 0.751. The van der Waals surface area contributed by atoms with Crippen LogP contribution in [0.4, 0.5) is 11.4 Å². The van der Waals surface area contributed by atoms with Crippen LogP contribution in [0.15, 0.2) is 18.2 Å². The van der Waals surface area contributed by atoms with E-state index in [1.165, 1.54) is 6.92 Å². The minimum atomic E-state index is -0.487. The van der Waals surface area contributed by atoms with Gasteiger partial charge in [0.25, 0.3) is 5.91 Å². The first-order valence-electron chi connectivity index (χ1n) is 4.95. The van der Waals surface area contributed by atoms with Crippen LogP contribution in [0.1, 0.15) is 13.8 Å². The smallest absolute Gasteiger partial charge is 0.265 e. The van der Waals surface area contributed by atoms with Crippen molar-refractivity contribution in [2.24, 2.45) is 0 Å². The standard InChI is InChI=1S/C11H12N2O3/c1-6-11(15)13-9-5-8(12-7(2)14)3-4-10(9)16-6/h3-6H,1-2H3,(H,12,14)(H,13,15). The molecule has 5 heteroatoms. The van der Waals surface area contributed by atoms with Crippen LogP contribution in [0.2, 0.25) is 0 Å². The van der Waals surface area contributed by atoms with E-state index in [1.807, 2.05) is 0 Å². The zero-order chi connectivity index (χ0) is 11.7. The lowest BCUT2D eigenvalue weighted by Crippen LogP contribution is -2.34. The van der Waals surface area contributed by atoms with Gasteiger partial charge < -0.3 is 15.4 Å². The van der Waals surface area contributed by atoms with Gasteiger partial charge in [-0.25, -0.2) is 0 Å². The topological polar surface area (TPSA) is 67.4 Å². The Morgan fingerprint density at radius 2 is 2.25 bits per heavy atom. The number of anilines is 2. The highest BCUT2D eigenvalue weighted by molar-refractivity contribution is 5.98. The van der Waals surface area contributed by atoms with Crippen molar-refractivity contribution in [3.05, 3.63) is 18.2 Å². The predicted molar refractivity (Wildman–Crippen MR) is 59.5 cm³/mol. The van der Waals surface area contributed by atoms with E-state index in [-0.39, 0.29) is 11.8 Å². The summed E-state index contributed by atoms with van der Waals surface area (Å²) in [6, 6.07) is 5.11. The van der Waals surface area contributed by atoms with Gasteiger partial charge >= 0.3 is 0 Å². The molecule has 0 bridgehead atoms. The Hall–Kier alpha value is -2.04. The van der Waals surface area contributed by atoms with E-state index in [1.54, 1.807) is 25.1 Å². The van der Waals surface area contributed by atoms with Crippen molar-refractivity contribution in [3.8, 4) is 5.75 Å². The van der Waals surface area contributed by atoms with Crippen molar-refractivity contribution in [2.75, 3.05) is 10.6 Å². The molecule has 1 aromatic rings. The van der Waals surface area contributed by atoms with Gasteiger partial charge in [-0.05, 0) is 25.1 Å². The van der Waals surface area contributed by atoms with Gasteiger partial charge in [0.15, 0.2) is 6.10 Å². The maximum Gasteiger partial charge on any atom is 0.265 e. The average molecular weight is 220 g/mol. The fraction of sp³-hybridized carbons (Fsp3) is 0.273. The lowest BCUT2D eigenvalue weighted by Gasteiger charge is -2.23. The monoisotopic (exact) mass is 220 g/mol. The molecule has 1 atom stereocenters. The molecule has 2 amide bonds. The molecule has 1 heterocycles. The van der Waals surface area contributed by atoms with Crippen LogP contribution in [0, 0.1) is 0 Å². The molecule has 2 rings (SSSR count). The molecule has 16 heavy (non-hydrogen) atoms. The fourth-order valence-electron chi connectivity index (χ4n) is 1.49. The first kappa shape index (κ1) is 10.5. The number of amides is 2. The van der Waals surface area contributed by atoms with Crippen LogP contribution < -0.4 is 15.4 Å². The number of hydrogen-bond donors (Lipinski definition) is 2. The second kappa shape index (κ2) is 3.84. The highest BCUT2D eigenvalue weighted by Gasteiger charge is 2.23. The predicted octanol–water partition coefficient (Wildman–Crippen LogP) is 1.36. The summed E-state index contributed by atoms with van der Waals surface area (Å²) in [6.07, 6.45) is -0.487. The summed E-state index contributed by atoms with van der Waals surface area (Å²) in [5, 5.41) is 5.34. The van der Waals surface area contributed by atoms with Gasteiger partial charge in [0.05, 0.1) is 5.69 Å². The summed E-state index contributed by atoms with van der Waals surface area (Å²) < 4.78 is 5.38. The minimum Gasteiger partial charge on any atom is -0.479 e. The van der Waals surface area contributed by atoms with E-state index >= 15 is 0 Å². The molecular weight excluding hydrogens is 208 g/mol. The summed E-state index contributed by atoms with van der Waals surface area (Å²) in [5.41, 5.74) is 1.21. The van der Waals surface area contributed by atoms with Gasteiger partial charge in [0.2, 0.25) is 5.91 Å². The number of fused-ring (bicyclic) bond motifs is 1. The Bertz CT molecular complexity index is 457. The van der Waals surface area contributed by atoms with Crippen LogP contribution in [0.25, 0.3) is 0 Å². The second-order valence-corrected chi connectivity index (χ2v) is 3.64. The molecule has 0 fully saturated rings. The average Bonchev–Trinajstić information content (AvgIpc) is 2.19. The zero-order valence-electron chi connectivity index (χ0n) is 9.03. The van der Waals surface area contributed by atoms with Crippen molar-refractivity contribution in [1.29, 1.82) is 0 Å². The van der Waals surface area contributed by atoms with Crippen molar-refractivity contribution in [2.45, 2.75) is 20.0 Å². The maximum absolute atomic E-state index is 11.4. The van der Waals surface area contributed by atoms with Gasteiger partial charge in [-0.1, -0.05) is 0 Å². The number of carbonyl (C=O) groups is 2. The van der Waals surface area contributed by atoms with Crippen molar-refractivity contribution in [3.63, 3.8) is 0 Å². The highest BCUT2D eigenvalue weighted by Crippen LogP contribution is 2.31. The Kier molecular flexibility index (Phi) is 2.52. The fourth-order valence-corrected chi connectivity index (χ4v) is 1.49. The Balaban J connectivity index is 2.29. The molecule has 0 radical (unpaired) electrons. The third-order valence-electron chi connectivity index (χ3n) is 2.23. The molecular formula is C11H12N2O3. The molecule has 1 aromatic carbocycles. The van der Waals surface area contributed by atoms with Crippen LogP contribution in [0.3, 0.4) is 0 Å². The third-order valence-corrected chi connectivity index (χ3v) is 2.23. The lowest BCUT2D eigenvalue weighted by molar-refractivity contribution is -0.122. The number of nitrogens with one attached hydrogen (secondary N) is 2. The number of carbonyl (C=O) groups excluding carboxylic acids is 2. The van der Waals surface area contributed by atoms with E-state index in [0.29, 0.717) is 17.1 Å². The third kappa shape index (κ3) is 1.98. The summed E-state index contributed by atoms with van der Waals surface area (Å²) in [6.45, 7) is 3.11. The second-order valence-electron chi connectivity index (χ2n) is 3.64. The molecule has 0 saturated heterocycles. The summed E-state index contributed by atoms with van der Waals surface area (Å²) in [7, 11) is 0. The lowest BCUT2D eigenvalue weighted by atomic mass is 10.2. The Morgan fingerprint density at radius 1 is 1.50 bits per heavy atom. The largest absolute Gasteiger partial charge is 0.479 e. The number of benzene rings is 1. The van der Waals surface area contributed by atoms with E-state index in [4.69, 9.17) is 4.74 Å². The van der Waals surface area contributed by atoms with Gasteiger partial charge in [-0.3, -0.25) is 9.59 Å². The van der Waals surface area contributed by atoms with Gasteiger partial charge in [-0.15, -0.1) is 0 Å². The van der Waals surface area contributed by atoms with E-state index in [2.05, 4.69) is 10.6 Å². The van der Waals surface area contributed by atoms with Gasteiger partial charge in [0, 0.05) is 12.6 Å². The Morgan fingerprint density at radius 3 is 2.94 bits per heavy atom. The van der Waals surface area contributed by atoms with Crippen molar-refractivity contribution >= 4 is 23.2 Å². The number of ether oxygens (including phenoxy) is 1. The number of hydrogen-bond acceptors (Lipinski definition) is 3. The molecule has 0 aliphatic carbocycles. The van der Waals surface area contributed by atoms with Gasteiger partial charge in [0.1, 0.15) is 5.75 Å². The molecule has 5 nitrogen and oxygen atoms in total. The zero-order valence-corrected chi connectivity index (χ0v) is 9.03. The van der Waals surface area contributed by atoms with Crippen LogP contribution in [0.5, 0.6) is 5.75 Å². The van der Waals surface area contributed by atoms with E-state index in [0.717, 1.165) is 0 Å². The normalized spacial score (nSPS) is 18.1. The molecule has 0 aromatic heterocycles. The van der Waals surface area contributed by atoms with Crippen molar-refractivity contribution < 1.29 is 14.3 Å². The van der Waals surface area contributed by atoms with Gasteiger partial charge in [-0.2, -0.15) is 0 Å². The van der Waals surface area contributed by atoms with Crippen LogP contribution in [-0.2, 0) is 9.59 Å². The molecule has 1 unspecified atom stereocenters. The maximum atomic E-state index is 11.4. The van der Waals surface area contributed by atoms with Crippen LogP contribution in [-0.4, -0.2) is 17.9 Å². The van der Waals surface area contributed by atoms with E-state index in [9.17, 15) is 9.59 Å². The van der Waals surface area contributed by atoms with E-state index < -0.39 is 6.10 Å². The molecule has 1 aliphatic rings. The minimum absolute atomic E-state index is 0.156. The highest BCUT2D eigenvalue weighted by atomic mass is 16.5. The van der Waals surface area contributed by atoms with Crippen molar-refractivity contribution in [1.82, 2.24) is 0 Å². The molecule has 0 spiro atoms. The summed E-state index contributed by atoms with van der Waals surface area (Å²) >= 11 is 0. The molecule has 1 aliphatic heterocycles. The summed E-state index contributed by atoms with van der Waals surface area (Å²) in [4.78, 5) is 22.2. The number of rotatable bonds is 1.